The van der Waals surface area contributed by atoms with Gasteiger partial charge in [-0.15, -0.1) is 0 Å². The van der Waals surface area contributed by atoms with Gasteiger partial charge in [-0.3, -0.25) is 8.98 Å². The Kier molecular flexibility index (Phi) is 9.11. The Morgan fingerprint density at radius 2 is 1.50 bits per heavy atom. The van der Waals surface area contributed by atoms with Gasteiger partial charge in [-0.25, -0.2) is 0 Å². The van der Waals surface area contributed by atoms with Gasteiger partial charge in [-0.1, -0.05) is 17.7 Å². The van der Waals surface area contributed by atoms with Gasteiger partial charge >= 0.3 is 5.97 Å². The molecule has 0 unspecified atom stereocenters. The van der Waals surface area contributed by atoms with E-state index >= 15 is 0 Å². The Morgan fingerprint density at radius 3 is 2.07 bits per heavy atom. The summed E-state index contributed by atoms with van der Waals surface area (Å²) < 4.78 is 40.2. The van der Waals surface area contributed by atoms with Crippen LogP contribution in [0.15, 0.2) is 29.2 Å². The number of carbonyl (C=O) groups excluding carboxylic acids is 1. The van der Waals surface area contributed by atoms with Crippen molar-refractivity contribution in [2.45, 2.75) is 71.3 Å². The highest BCUT2D eigenvalue weighted by atomic mass is 32.2. The van der Waals surface area contributed by atoms with Crippen LogP contribution in [0.25, 0.3) is 0 Å². The minimum atomic E-state index is -3.70. The average Bonchev–Trinajstić information content (AvgIpc) is 2.56. The summed E-state index contributed by atoms with van der Waals surface area (Å²) in [5.41, 5.74) is -0.236. The quantitative estimate of drug-likeness (QED) is 0.306. The summed E-state index contributed by atoms with van der Waals surface area (Å²) in [5.74, 6) is -0.283. The summed E-state index contributed by atoms with van der Waals surface area (Å²) in [6.45, 7) is 11.9. The predicted octanol–water partition coefficient (Wildman–Crippen LogP) is 4.26. The van der Waals surface area contributed by atoms with Crippen LogP contribution in [0.5, 0.6) is 0 Å². The van der Waals surface area contributed by atoms with Crippen molar-refractivity contribution in [1.82, 2.24) is 0 Å². The first-order chi connectivity index (χ1) is 12.8. The second kappa shape index (κ2) is 10.4. The van der Waals surface area contributed by atoms with Crippen LogP contribution < -0.4 is 0 Å². The lowest BCUT2D eigenvalue weighted by Crippen LogP contribution is -2.37. The van der Waals surface area contributed by atoms with Gasteiger partial charge in [-0.2, -0.15) is 8.42 Å². The summed E-state index contributed by atoms with van der Waals surface area (Å²) in [6.07, 6.45) is 2.15. The molecule has 1 aromatic carbocycles. The maximum Gasteiger partial charge on any atom is 0.314 e. The normalized spacial score (nSPS) is 12.8. The van der Waals surface area contributed by atoms with Gasteiger partial charge < -0.3 is 9.47 Å². The topological polar surface area (TPSA) is 78.9 Å². The van der Waals surface area contributed by atoms with Gasteiger partial charge in [0.1, 0.15) is 5.60 Å². The molecule has 6 nitrogen and oxygen atoms in total. The van der Waals surface area contributed by atoms with Crippen molar-refractivity contribution in [2.75, 3.05) is 19.8 Å². The second-order valence-corrected chi connectivity index (χ2v) is 10.2. The Balaban J connectivity index is 2.21. The molecule has 0 aliphatic rings. The first-order valence-electron chi connectivity index (χ1n) is 9.61. The minimum absolute atomic E-state index is 0.139. The van der Waals surface area contributed by atoms with Crippen LogP contribution in [-0.2, 0) is 28.6 Å². The number of aryl methyl sites for hydroxylation is 1. The first-order valence-corrected chi connectivity index (χ1v) is 11.0. The summed E-state index contributed by atoms with van der Waals surface area (Å²) in [6, 6.07) is 6.58. The molecule has 1 aromatic rings. The van der Waals surface area contributed by atoms with E-state index in [0.717, 1.165) is 18.4 Å². The van der Waals surface area contributed by atoms with Crippen molar-refractivity contribution in [1.29, 1.82) is 0 Å². The van der Waals surface area contributed by atoms with Crippen molar-refractivity contribution in [2.24, 2.45) is 5.41 Å². The lowest BCUT2D eigenvalue weighted by atomic mass is 9.94. The summed E-state index contributed by atoms with van der Waals surface area (Å²) in [4.78, 5) is 12.3. The van der Waals surface area contributed by atoms with E-state index in [4.69, 9.17) is 13.7 Å². The highest BCUT2D eigenvalue weighted by Crippen LogP contribution is 2.22. The van der Waals surface area contributed by atoms with E-state index in [1.807, 2.05) is 27.7 Å². The summed E-state index contributed by atoms with van der Waals surface area (Å²) in [7, 11) is -3.70. The molecule has 0 fully saturated rings. The summed E-state index contributed by atoms with van der Waals surface area (Å²) in [5, 5.41) is 0. The van der Waals surface area contributed by atoms with Crippen molar-refractivity contribution in [3.05, 3.63) is 29.8 Å². The molecule has 0 spiro atoms. The molecule has 0 saturated heterocycles. The van der Waals surface area contributed by atoms with Crippen LogP contribution in [0, 0.1) is 12.3 Å². The molecule has 0 aromatic heterocycles. The third kappa shape index (κ3) is 9.17. The standard InChI is InChI=1S/C21H34O6S/c1-17-10-12-18(13-11-17)28(23,24)26-15-9-7-8-14-25-16-21(5,6)19(22)27-20(2,3)4/h10-13H,7-9,14-16H2,1-6H3. The molecular formula is C21H34O6S. The molecule has 0 saturated carbocycles. The number of unbranched alkanes of at least 4 members (excludes halogenated alkanes) is 2. The smallest absolute Gasteiger partial charge is 0.314 e. The van der Waals surface area contributed by atoms with Gasteiger partial charge in [0.15, 0.2) is 0 Å². The zero-order valence-electron chi connectivity index (χ0n) is 17.9. The molecule has 28 heavy (non-hydrogen) atoms. The third-order valence-corrected chi connectivity index (χ3v) is 5.22. The van der Waals surface area contributed by atoms with Crippen LogP contribution in [0.4, 0.5) is 0 Å². The second-order valence-electron chi connectivity index (χ2n) is 8.59. The molecule has 0 aliphatic carbocycles. The number of carbonyl (C=O) groups is 1. The van der Waals surface area contributed by atoms with Crippen LogP contribution in [0.2, 0.25) is 0 Å². The van der Waals surface area contributed by atoms with Crippen molar-refractivity contribution < 1.29 is 26.9 Å². The molecule has 0 amide bonds. The zero-order chi connectivity index (χ0) is 21.4. The molecule has 0 atom stereocenters. The highest BCUT2D eigenvalue weighted by Gasteiger charge is 2.32. The minimum Gasteiger partial charge on any atom is -0.459 e. The van der Waals surface area contributed by atoms with Gasteiger partial charge in [0.25, 0.3) is 10.1 Å². The van der Waals surface area contributed by atoms with Gasteiger partial charge in [0.05, 0.1) is 23.5 Å². The molecule has 0 radical (unpaired) electrons. The highest BCUT2D eigenvalue weighted by molar-refractivity contribution is 7.86. The predicted molar refractivity (Wildman–Crippen MR) is 109 cm³/mol. The van der Waals surface area contributed by atoms with Crippen molar-refractivity contribution >= 4 is 16.1 Å². The van der Waals surface area contributed by atoms with Crippen molar-refractivity contribution in [3.8, 4) is 0 Å². The molecule has 0 aliphatic heterocycles. The molecule has 0 bridgehead atoms. The molecule has 0 heterocycles. The van der Waals surface area contributed by atoms with Crippen molar-refractivity contribution in [3.63, 3.8) is 0 Å². The van der Waals surface area contributed by atoms with E-state index < -0.39 is 21.1 Å². The number of hydrogen-bond donors (Lipinski definition) is 0. The fraction of sp³-hybridized carbons (Fsp3) is 0.667. The lowest BCUT2D eigenvalue weighted by molar-refractivity contribution is -0.169. The van der Waals surface area contributed by atoms with Crippen LogP contribution >= 0.6 is 0 Å². The number of esters is 1. The maximum atomic E-state index is 12.1. The fourth-order valence-corrected chi connectivity index (χ4v) is 3.17. The monoisotopic (exact) mass is 414 g/mol. The number of rotatable bonds is 11. The van der Waals surface area contributed by atoms with E-state index in [1.165, 1.54) is 0 Å². The fourth-order valence-electron chi connectivity index (χ4n) is 2.23. The first kappa shape index (κ1) is 24.6. The van der Waals surface area contributed by atoms with Gasteiger partial charge in [0, 0.05) is 6.61 Å². The van der Waals surface area contributed by atoms with Gasteiger partial charge in [0.2, 0.25) is 0 Å². The molecule has 7 heteroatoms. The zero-order valence-corrected chi connectivity index (χ0v) is 18.7. The van der Waals surface area contributed by atoms with E-state index in [1.54, 1.807) is 38.1 Å². The largest absolute Gasteiger partial charge is 0.459 e. The van der Waals surface area contributed by atoms with Gasteiger partial charge in [-0.05, 0) is 72.9 Å². The van der Waals surface area contributed by atoms with Crippen LogP contribution in [0.1, 0.15) is 59.4 Å². The Hall–Kier alpha value is -1.44. The molecule has 1 rings (SSSR count). The maximum absolute atomic E-state index is 12.1. The molecular weight excluding hydrogens is 380 g/mol. The Morgan fingerprint density at radius 1 is 0.929 bits per heavy atom. The van der Waals surface area contributed by atoms with E-state index in [-0.39, 0.29) is 24.1 Å². The van der Waals surface area contributed by atoms with E-state index in [9.17, 15) is 13.2 Å². The number of hydrogen-bond acceptors (Lipinski definition) is 6. The number of ether oxygens (including phenoxy) is 2. The molecule has 160 valence electrons. The molecule has 0 N–H and O–H groups in total. The van der Waals surface area contributed by atoms with Crippen LogP contribution in [0.3, 0.4) is 0 Å². The lowest BCUT2D eigenvalue weighted by Gasteiger charge is -2.28. The van der Waals surface area contributed by atoms with E-state index in [0.29, 0.717) is 13.0 Å². The van der Waals surface area contributed by atoms with Crippen LogP contribution in [-0.4, -0.2) is 39.8 Å². The van der Waals surface area contributed by atoms with E-state index in [2.05, 4.69) is 0 Å². The SMILES string of the molecule is Cc1ccc(S(=O)(=O)OCCCCCOCC(C)(C)C(=O)OC(C)(C)C)cc1. The number of benzene rings is 1. The average molecular weight is 415 g/mol. The summed E-state index contributed by atoms with van der Waals surface area (Å²) >= 11 is 0. The third-order valence-electron chi connectivity index (χ3n) is 3.90. The Bertz CT molecular complexity index is 714. The Labute approximate surface area is 169 Å².